The van der Waals surface area contributed by atoms with E-state index >= 15 is 0 Å². The van der Waals surface area contributed by atoms with Crippen LogP contribution in [0.4, 0.5) is 0 Å². The van der Waals surface area contributed by atoms with Crippen molar-refractivity contribution in [3.05, 3.63) is 79.6 Å². The second kappa shape index (κ2) is 12.4. The summed E-state index contributed by atoms with van der Waals surface area (Å²) in [5.41, 5.74) is 4.80. The number of hydrogen-bond acceptors (Lipinski definition) is 6. The third-order valence-electron chi connectivity index (χ3n) is 8.54. The molecule has 1 aliphatic heterocycles. The van der Waals surface area contributed by atoms with Crippen LogP contribution in [0.5, 0.6) is 11.5 Å². The van der Waals surface area contributed by atoms with Crippen molar-refractivity contribution in [2.24, 2.45) is 10.8 Å². The number of benzene rings is 2. The molecule has 8 heteroatoms. The molecule has 0 radical (unpaired) electrons. The fourth-order valence-electron chi connectivity index (χ4n) is 6.76. The van der Waals surface area contributed by atoms with E-state index < -0.39 is 5.92 Å². The molecule has 2 aromatic carbocycles. The molecule has 0 amide bonds. The van der Waals surface area contributed by atoms with E-state index in [-0.39, 0.29) is 29.0 Å². The average molecular weight is 671 g/mol. The molecule has 2 aliphatic carbocycles. The first-order chi connectivity index (χ1) is 20.4. The number of allylic oxidation sites excluding steroid dienone is 4. The third kappa shape index (κ3) is 6.45. The van der Waals surface area contributed by atoms with Crippen LogP contribution >= 0.6 is 27.5 Å². The van der Waals surface area contributed by atoms with E-state index in [1.54, 1.807) is 7.11 Å². The van der Waals surface area contributed by atoms with Crippen LogP contribution in [0.1, 0.15) is 77.3 Å². The standard InChI is InChI=1S/C35H41BrClNO5/c1-7-42-29-15-22(14-23(36)33(29)43-20-21-10-8-9-11-24(21)37)30-31-25(16-34(2,3)18-27(31)39)38(12-13-41-6)26-17-35(4,5)19-28(40)32(26)30/h8-11,14-15,30H,7,12-13,16-20H2,1-6H3. The molecule has 0 fully saturated rings. The maximum absolute atomic E-state index is 14.1. The Hall–Kier alpha value is -2.61. The molecule has 0 N–H and O–H groups in total. The lowest BCUT2D eigenvalue weighted by Crippen LogP contribution is -2.45. The van der Waals surface area contributed by atoms with Crippen LogP contribution in [0, 0.1) is 10.8 Å². The Morgan fingerprint density at radius 1 is 0.930 bits per heavy atom. The van der Waals surface area contributed by atoms with Gasteiger partial charge in [-0.3, -0.25) is 9.59 Å². The Morgan fingerprint density at radius 2 is 1.53 bits per heavy atom. The second-order valence-electron chi connectivity index (χ2n) is 13.3. The maximum Gasteiger partial charge on any atom is 0.175 e. The minimum atomic E-state index is -0.482. The van der Waals surface area contributed by atoms with Gasteiger partial charge in [0.1, 0.15) is 6.61 Å². The lowest BCUT2D eigenvalue weighted by Gasteiger charge is -2.49. The van der Waals surface area contributed by atoms with E-state index in [0.717, 1.165) is 46.5 Å². The summed E-state index contributed by atoms with van der Waals surface area (Å²) in [5.74, 6) is 0.812. The Bertz CT molecular complexity index is 1450. The number of carbonyl (C=O) groups excluding carboxylic acids is 2. The zero-order chi connectivity index (χ0) is 31.1. The first kappa shape index (κ1) is 31.8. The van der Waals surface area contributed by atoms with Gasteiger partial charge in [-0.25, -0.2) is 0 Å². The Balaban J connectivity index is 1.67. The van der Waals surface area contributed by atoms with Crippen molar-refractivity contribution in [3.8, 4) is 11.5 Å². The van der Waals surface area contributed by atoms with Gasteiger partial charge in [0.05, 0.1) is 17.7 Å². The van der Waals surface area contributed by atoms with Gasteiger partial charge in [0.15, 0.2) is 23.1 Å². The number of ketones is 2. The molecule has 0 saturated heterocycles. The Kier molecular flexibility index (Phi) is 9.18. The number of carbonyl (C=O) groups is 2. The maximum atomic E-state index is 14.1. The number of ether oxygens (including phenoxy) is 3. The second-order valence-corrected chi connectivity index (χ2v) is 14.6. The number of hydrogen-bond donors (Lipinski definition) is 0. The largest absolute Gasteiger partial charge is 0.490 e. The van der Waals surface area contributed by atoms with E-state index in [1.165, 1.54) is 0 Å². The summed E-state index contributed by atoms with van der Waals surface area (Å²) in [6, 6.07) is 11.5. The molecular formula is C35H41BrClNO5. The Labute approximate surface area is 268 Å². The third-order valence-corrected chi connectivity index (χ3v) is 9.49. The van der Waals surface area contributed by atoms with E-state index in [0.29, 0.717) is 53.6 Å². The van der Waals surface area contributed by atoms with Gasteiger partial charge in [-0.1, -0.05) is 57.5 Å². The molecule has 0 unspecified atom stereocenters. The summed E-state index contributed by atoms with van der Waals surface area (Å²) in [4.78, 5) is 30.4. The number of rotatable bonds is 9. The predicted octanol–water partition coefficient (Wildman–Crippen LogP) is 8.41. The van der Waals surface area contributed by atoms with E-state index in [2.05, 4.69) is 48.5 Å². The average Bonchev–Trinajstić information content (AvgIpc) is 2.90. The van der Waals surface area contributed by atoms with Crippen molar-refractivity contribution in [1.82, 2.24) is 4.90 Å². The van der Waals surface area contributed by atoms with Crippen LogP contribution < -0.4 is 9.47 Å². The summed E-state index contributed by atoms with van der Waals surface area (Å²) in [5, 5.41) is 0.629. The molecule has 0 atom stereocenters. The quantitative estimate of drug-likeness (QED) is 0.267. The summed E-state index contributed by atoms with van der Waals surface area (Å²) in [6.45, 7) is 12.3. The van der Waals surface area contributed by atoms with Crippen molar-refractivity contribution in [2.75, 3.05) is 26.9 Å². The van der Waals surface area contributed by atoms with Crippen LogP contribution in [0.3, 0.4) is 0 Å². The van der Waals surface area contributed by atoms with Crippen molar-refractivity contribution in [1.29, 1.82) is 0 Å². The summed E-state index contributed by atoms with van der Waals surface area (Å²) >= 11 is 10.1. The van der Waals surface area contributed by atoms with Gasteiger partial charge in [-0.05, 0) is 70.3 Å². The monoisotopic (exact) mass is 669 g/mol. The number of halogens is 2. The highest BCUT2D eigenvalue weighted by molar-refractivity contribution is 9.10. The fourth-order valence-corrected chi connectivity index (χ4v) is 7.52. The van der Waals surface area contributed by atoms with Gasteiger partial charge < -0.3 is 19.1 Å². The number of nitrogens with zero attached hydrogens (tertiary/aromatic N) is 1. The lowest BCUT2D eigenvalue weighted by atomic mass is 9.63. The molecule has 1 heterocycles. The predicted molar refractivity (Wildman–Crippen MR) is 173 cm³/mol. The molecule has 43 heavy (non-hydrogen) atoms. The van der Waals surface area contributed by atoms with Crippen molar-refractivity contribution in [3.63, 3.8) is 0 Å². The van der Waals surface area contributed by atoms with E-state index in [1.807, 2.05) is 43.3 Å². The van der Waals surface area contributed by atoms with Gasteiger partial charge in [0.25, 0.3) is 0 Å². The molecule has 230 valence electrons. The molecule has 3 aliphatic rings. The molecule has 2 aromatic rings. The van der Waals surface area contributed by atoms with Crippen molar-refractivity contribution < 1.29 is 23.8 Å². The SMILES string of the molecule is CCOc1cc(C2C3=C(CC(C)(C)CC3=O)N(CCOC)C3=C2C(=O)CC(C)(C)C3)cc(Br)c1OCc1ccccc1Cl. The first-order valence-corrected chi connectivity index (χ1v) is 16.1. The van der Waals surface area contributed by atoms with Gasteiger partial charge in [-0.15, -0.1) is 0 Å². The van der Waals surface area contributed by atoms with Crippen LogP contribution in [-0.4, -0.2) is 43.3 Å². The minimum Gasteiger partial charge on any atom is -0.490 e. The summed E-state index contributed by atoms with van der Waals surface area (Å²) in [7, 11) is 1.69. The first-order valence-electron chi connectivity index (χ1n) is 15.0. The lowest BCUT2D eigenvalue weighted by molar-refractivity contribution is -0.119. The molecular weight excluding hydrogens is 630 g/mol. The van der Waals surface area contributed by atoms with Crippen LogP contribution in [0.25, 0.3) is 0 Å². The smallest absolute Gasteiger partial charge is 0.175 e. The van der Waals surface area contributed by atoms with Gasteiger partial charge in [0, 0.05) is 65.5 Å². The molecule has 6 nitrogen and oxygen atoms in total. The molecule has 5 rings (SSSR count). The Morgan fingerprint density at radius 3 is 2.09 bits per heavy atom. The summed E-state index contributed by atoms with van der Waals surface area (Å²) < 4.78 is 18.6. The molecule has 0 bridgehead atoms. The van der Waals surface area contributed by atoms with Crippen LogP contribution in [0.2, 0.25) is 5.02 Å². The topological polar surface area (TPSA) is 65.1 Å². The van der Waals surface area contributed by atoms with Crippen LogP contribution in [0.15, 0.2) is 63.4 Å². The highest BCUT2D eigenvalue weighted by atomic mass is 79.9. The number of Topliss-reactive ketones (excluding diaryl/α,β-unsaturated/α-hetero) is 2. The van der Waals surface area contributed by atoms with Crippen molar-refractivity contribution >= 4 is 39.1 Å². The van der Waals surface area contributed by atoms with E-state index in [9.17, 15) is 9.59 Å². The zero-order valence-electron chi connectivity index (χ0n) is 25.9. The molecule has 0 saturated carbocycles. The van der Waals surface area contributed by atoms with Gasteiger partial charge in [0.2, 0.25) is 0 Å². The minimum absolute atomic E-state index is 0.0935. The molecule has 0 aromatic heterocycles. The van der Waals surface area contributed by atoms with Gasteiger partial charge >= 0.3 is 0 Å². The van der Waals surface area contributed by atoms with Gasteiger partial charge in [-0.2, -0.15) is 0 Å². The summed E-state index contributed by atoms with van der Waals surface area (Å²) in [6.07, 6.45) is 2.36. The highest BCUT2D eigenvalue weighted by Gasteiger charge is 2.49. The normalized spacial score (nSPS) is 19.9. The van der Waals surface area contributed by atoms with E-state index in [4.69, 9.17) is 25.8 Å². The van der Waals surface area contributed by atoms with Crippen molar-refractivity contribution in [2.45, 2.75) is 72.8 Å². The zero-order valence-corrected chi connectivity index (χ0v) is 28.3. The highest BCUT2D eigenvalue weighted by Crippen LogP contribution is 2.55. The number of methoxy groups -OCH3 is 1. The fraction of sp³-hybridized carbons (Fsp3) is 0.486. The van der Waals surface area contributed by atoms with Crippen LogP contribution in [-0.2, 0) is 20.9 Å². The molecule has 0 spiro atoms.